The molecule has 14 nitrogen and oxygen atoms in total. The second kappa shape index (κ2) is 18.6. The van der Waals surface area contributed by atoms with Gasteiger partial charge in [-0.1, -0.05) is 6.07 Å². The van der Waals surface area contributed by atoms with E-state index in [1.54, 1.807) is 54.4 Å². The molecule has 0 bridgehead atoms. The number of ether oxygens (including phenoxy) is 7. The van der Waals surface area contributed by atoms with Gasteiger partial charge in [-0.25, -0.2) is 0 Å². The first-order chi connectivity index (χ1) is 27.3. The van der Waals surface area contributed by atoms with Gasteiger partial charge in [0.1, 0.15) is 0 Å². The lowest BCUT2D eigenvalue weighted by Crippen LogP contribution is -2.50. The number of fused-ring (bicyclic) bond motifs is 2. The van der Waals surface area contributed by atoms with E-state index in [0.29, 0.717) is 96.5 Å². The normalized spacial score (nSPS) is 16.3. The molecular formula is C42H50N4O10. The van der Waals surface area contributed by atoms with Crippen LogP contribution < -0.4 is 33.2 Å². The van der Waals surface area contributed by atoms with Crippen LogP contribution in [0.15, 0.2) is 53.5 Å². The third-order valence-electron chi connectivity index (χ3n) is 10.2. The monoisotopic (exact) mass is 770 g/mol. The van der Waals surface area contributed by atoms with Crippen molar-refractivity contribution in [3.8, 4) is 40.2 Å². The Morgan fingerprint density at radius 3 is 2.02 bits per heavy atom. The summed E-state index contributed by atoms with van der Waals surface area (Å²) in [6.07, 6.45) is 9.54. The van der Waals surface area contributed by atoms with Crippen LogP contribution in [0.4, 0.5) is 5.69 Å². The van der Waals surface area contributed by atoms with Crippen molar-refractivity contribution in [1.29, 1.82) is 0 Å². The third-order valence-corrected chi connectivity index (χ3v) is 10.2. The van der Waals surface area contributed by atoms with Crippen molar-refractivity contribution in [3.63, 3.8) is 0 Å². The predicted octanol–water partition coefficient (Wildman–Crippen LogP) is 5.68. The van der Waals surface area contributed by atoms with Crippen molar-refractivity contribution in [2.75, 3.05) is 81.5 Å². The molecule has 0 N–H and O–H groups in total. The Hall–Kier alpha value is -5.92. The maximum Gasteiger partial charge on any atom is 0.256 e. The van der Waals surface area contributed by atoms with E-state index in [1.165, 1.54) is 27.4 Å². The summed E-state index contributed by atoms with van der Waals surface area (Å²) >= 11 is 0. The predicted molar refractivity (Wildman–Crippen MR) is 211 cm³/mol. The second-order valence-corrected chi connectivity index (χ2v) is 13.5. The van der Waals surface area contributed by atoms with Crippen LogP contribution in [0, 0.1) is 0 Å². The van der Waals surface area contributed by atoms with Crippen LogP contribution in [0.1, 0.15) is 58.4 Å². The standard InChI is InChI=1S/C42H50N4O10/c1-50-34-22-28(12-14-39(47)44-16-18-45(19-17-44)41(48)29-23-37(52-3)40(54-5)38(24-29)53-4)11-13-33(34)55-20-7-6-8-21-56-36-26-32-31(25-35(36)51-2)42(49)46-15-9-10-30(46)27-43-32/h11-14,22-27,30H,6-10,15-21H2,1-5H3/t30-/m0/s1. The Kier molecular flexibility index (Phi) is 13.2. The van der Waals surface area contributed by atoms with Crippen molar-refractivity contribution < 1.29 is 47.5 Å². The fourth-order valence-electron chi connectivity index (χ4n) is 7.06. The Morgan fingerprint density at radius 1 is 0.714 bits per heavy atom. The van der Waals surface area contributed by atoms with E-state index in [2.05, 4.69) is 4.99 Å². The second-order valence-electron chi connectivity index (χ2n) is 13.5. The molecule has 6 rings (SSSR count). The van der Waals surface area contributed by atoms with Gasteiger partial charge in [0.25, 0.3) is 11.8 Å². The van der Waals surface area contributed by atoms with Gasteiger partial charge in [0, 0.05) is 56.6 Å². The number of hydrogen-bond donors (Lipinski definition) is 0. The molecule has 0 saturated carbocycles. The molecule has 14 heteroatoms. The zero-order chi connectivity index (χ0) is 39.6. The highest BCUT2D eigenvalue weighted by Crippen LogP contribution is 2.40. The summed E-state index contributed by atoms with van der Waals surface area (Å²) in [5.74, 6) is 3.16. The molecule has 3 aromatic rings. The van der Waals surface area contributed by atoms with Crippen LogP contribution in [0.3, 0.4) is 0 Å². The Balaban J connectivity index is 0.931. The number of methoxy groups -OCH3 is 5. The average Bonchev–Trinajstić information content (AvgIpc) is 3.67. The zero-order valence-corrected chi connectivity index (χ0v) is 32.7. The lowest BCUT2D eigenvalue weighted by atomic mass is 10.1. The van der Waals surface area contributed by atoms with Gasteiger partial charge < -0.3 is 47.9 Å². The molecule has 0 aliphatic carbocycles. The summed E-state index contributed by atoms with van der Waals surface area (Å²) in [5, 5.41) is 0. The number of benzene rings is 3. The van der Waals surface area contributed by atoms with Gasteiger partial charge in [0.15, 0.2) is 34.5 Å². The Morgan fingerprint density at radius 2 is 1.36 bits per heavy atom. The van der Waals surface area contributed by atoms with Gasteiger partial charge in [-0.3, -0.25) is 19.4 Å². The first-order valence-corrected chi connectivity index (χ1v) is 18.9. The van der Waals surface area contributed by atoms with Gasteiger partial charge in [-0.15, -0.1) is 0 Å². The van der Waals surface area contributed by atoms with E-state index in [0.717, 1.165) is 44.2 Å². The first-order valence-electron chi connectivity index (χ1n) is 18.9. The van der Waals surface area contributed by atoms with Gasteiger partial charge in [-0.05, 0) is 74.1 Å². The fourth-order valence-corrected chi connectivity index (χ4v) is 7.06. The van der Waals surface area contributed by atoms with Crippen LogP contribution in [-0.2, 0) is 4.79 Å². The summed E-state index contributed by atoms with van der Waals surface area (Å²) in [6.45, 7) is 3.31. The molecule has 0 unspecified atom stereocenters. The van der Waals surface area contributed by atoms with E-state index in [1.807, 2.05) is 29.3 Å². The number of hydrogen-bond acceptors (Lipinski definition) is 11. The van der Waals surface area contributed by atoms with Crippen molar-refractivity contribution in [3.05, 3.63) is 65.2 Å². The highest BCUT2D eigenvalue weighted by molar-refractivity contribution is 6.03. The number of carbonyl (C=O) groups is 3. The minimum atomic E-state index is -0.177. The summed E-state index contributed by atoms with van der Waals surface area (Å²) in [4.78, 5) is 49.4. The molecule has 0 spiro atoms. The molecule has 3 aliphatic heterocycles. The largest absolute Gasteiger partial charge is 0.493 e. The number of nitrogens with zero attached hydrogens (tertiary/aromatic N) is 4. The molecule has 3 heterocycles. The molecule has 56 heavy (non-hydrogen) atoms. The van der Waals surface area contributed by atoms with E-state index < -0.39 is 0 Å². The Bertz CT molecular complexity index is 1930. The third kappa shape index (κ3) is 8.96. The molecule has 0 aromatic heterocycles. The van der Waals surface area contributed by atoms with Crippen molar-refractivity contribution in [2.45, 2.75) is 38.1 Å². The molecule has 3 aliphatic rings. The summed E-state index contributed by atoms with van der Waals surface area (Å²) < 4.78 is 39.4. The molecule has 0 radical (unpaired) electrons. The smallest absolute Gasteiger partial charge is 0.256 e. The van der Waals surface area contributed by atoms with Gasteiger partial charge in [0.2, 0.25) is 11.7 Å². The number of carbonyl (C=O) groups excluding carboxylic acids is 3. The van der Waals surface area contributed by atoms with E-state index in [-0.39, 0.29) is 23.8 Å². The SMILES string of the molecule is COc1cc(C=CC(=O)N2CCN(C(=O)c3cc(OC)c(OC)c(OC)c3)CC2)ccc1OCCCCCOc1cc2c(cc1OC)C(=O)N1CCC[C@H]1C=N2. The minimum Gasteiger partial charge on any atom is -0.493 e. The first kappa shape index (κ1) is 39.8. The van der Waals surface area contributed by atoms with Gasteiger partial charge in [-0.2, -0.15) is 0 Å². The molecule has 2 saturated heterocycles. The topological polar surface area (TPSA) is 138 Å². The number of piperazine rings is 1. The van der Waals surface area contributed by atoms with Crippen molar-refractivity contribution in [1.82, 2.24) is 14.7 Å². The quantitative estimate of drug-likeness (QED) is 0.132. The van der Waals surface area contributed by atoms with E-state index in [9.17, 15) is 14.4 Å². The number of unbranched alkanes of at least 4 members (excludes halogenated alkanes) is 2. The average molecular weight is 771 g/mol. The maximum atomic E-state index is 13.3. The van der Waals surface area contributed by atoms with Crippen LogP contribution in [0.2, 0.25) is 0 Å². The highest BCUT2D eigenvalue weighted by Gasteiger charge is 2.33. The van der Waals surface area contributed by atoms with Crippen LogP contribution in [0.5, 0.6) is 40.2 Å². The molecule has 3 aromatic carbocycles. The molecule has 3 amide bonds. The van der Waals surface area contributed by atoms with Crippen LogP contribution in [-0.4, -0.2) is 126 Å². The summed E-state index contributed by atoms with van der Waals surface area (Å²) in [6, 6.07) is 12.4. The maximum absolute atomic E-state index is 13.3. The Labute approximate surface area is 327 Å². The number of aliphatic imine (C=N–C) groups is 1. The molecule has 298 valence electrons. The van der Waals surface area contributed by atoms with Crippen LogP contribution in [0.25, 0.3) is 6.08 Å². The summed E-state index contributed by atoms with van der Waals surface area (Å²) in [7, 11) is 7.67. The van der Waals surface area contributed by atoms with Crippen molar-refractivity contribution >= 4 is 35.7 Å². The van der Waals surface area contributed by atoms with Crippen molar-refractivity contribution in [2.24, 2.45) is 4.99 Å². The zero-order valence-electron chi connectivity index (χ0n) is 32.7. The fraction of sp³-hybridized carbons (Fsp3) is 0.429. The lowest BCUT2D eigenvalue weighted by Gasteiger charge is -2.34. The summed E-state index contributed by atoms with van der Waals surface area (Å²) in [5.41, 5.74) is 2.35. The lowest BCUT2D eigenvalue weighted by molar-refractivity contribution is -0.127. The van der Waals surface area contributed by atoms with E-state index in [4.69, 9.17) is 33.2 Å². The highest BCUT2D eigenvalue weighted by atomic mass is 16.5. The van der Waals surface area contributed by atoms with Crippen LogP contribution >= 0.6 is 0 Å². The van der Waals surface area contributed by atoms with Gasteiger partial charge >= 0.3 is 0 Å². The number of amides is 3. The van der Waals surface area contributed by atoms with Gasteiger partial charge in [0.05, 0.1) is 66.1 Å². The van der Waals surface area contributed by atoms with E-state index >= 15 is 0 Å². The molecule has 1 atom stereocenters. The minimum absolute atomic E-state index is 0.0180. The molecule has 2 fully saturated rings. The molecular weight excluding hydrogens is 720 g/mol. The number of rotatable bonds is 16.